The van der Waals surface area contributed by atoms with Crippen LogP contribution in [0.2, 0.25) is 0 Å². The van der Waals surface area contributed by atoms with E-state index in [1.165, 1.54) is 6.07 Å². The fraction of sp³-hybridized carbons (Fsp3) is 0.632. The molecule has 1 aliphatic carbocycles. The number of carbonyl (C=O) groups excluding carboxylic acids is 1. The van der Waals surface area contributed by atoms with Gasteiger partial charge in [0, 0.05) is 31.6 Å². The lowest BCUT2D eigenvalue weighted by Gasteiger charge is -2.21. The molecule has 0 unspecified atom stereocenters. The van der Waals surface area contributed by atoms with Crippen LogP contribution in [0.15, 0.2) is 24.3 Å². The summed E-state index contributed by atoms with van der Waals surface area (Å²) in [6.45, 7) is 6.00. The SMILES string of the molecule is CCCN(C)C[C@@H]1CCN(C(=O)N[C@@H]2C[C@@H]2c2ccccc2F)C1. The standard InChI is InChI=1S/C19H28FN3O/c1-3-9-22(2)12-14-8-10-23(13-14)19(24)21-18-11-16(18)15-6-4-5-7-17(15)20/h4-7,14,16,18H,3,8-13H2,1-2H3,(H,21,24)/t14-,16+,18+/m0/s1. The van der Waals surface area contributed by atoms with E-state index in [0.717, 1.165) is 51.0 Å². The van der Waals surface area contributed by atoms with Gasteiger partial charge in [-0.3, -0.25) is 0 Å². The summed E-state index contributed by atoms with van der Waals surface area (Å²) in [7, 11) is 2.15. The Morgan fingerprint density at radius 3 is 2.96 bits per heavy atom. The number of nitrogens with one attached hydrogen (secondary N) is 1. The Morgan fingerprint density at radius 1 is 1.42 bits per heavy atom. The quantitative estimate of drug-likeness (QED) is 0.868. The van der Waals surface area contributed by atoms with Crippen LogP contribution in [-0.2, 0) is 0 Å². The zero-order valence-electron chi connectivity index (χ0n) is 14.7. The fourth-order valence-electron chi connectivity index (χ4n) is 3.80. The van der Waals surface area contributed by atoms with Crippen molar-refractivity contribution in [2.45, 2.75) is 38.1 Å². The van der Waals surface area contributed by atoms with E-state index >= 15 is 0 Å². The summed E-state index contributed by atoms with van der Waals surface area (Å²) < 4.78 is 13.8. The Hall–Kier alpha value is -1.62. The van der Waals surface area contributed by atoms with E-state index in [2.05, 4.69) is 24.2 Å². The molecule has 1 saturated carbocycles. The van der Waals surface area contributed by atoms with Crippen molar-refractivity contribution >= 4 is 6.03 Å². The average molecular weight is 333 g/mol. The molecule has 1 aromatic carbocycles. The number of hydrogen-bond acceptors (Lipinski definition) is 2. The van der Waals surface area contributed by atoms with Crippen molar-refractivity contribution in [2.24, 2.45) is 5.92 Å². The zero-order chi connectivity index (χ0) is 17.1. The second-order valence-electron chi connectivity index (χ2n) is 7.28. The summed E-state index contributed by atoms with van der Waals surface area (Å²) in [6.07, 6.45) is 3.07. The van der Waals surface area contributed by atoms with Crippen molar-refractivity contribution < 1.29 is 9.18 Å². The van der Waals surface area contributed by atoms with E-state index in [9.17, 15) is 9.18 Å². The second-order valence-corrected chi connectivity index (χ2v) is 7.28. The topological polar surface area (TPSA) is 35.6 Å². The molecular formula is C19H28FN3O. The molecule has 2 fully saturated rings. The third-order valence-electron chi connectivity index (χ3n) is 5.15. The van der Waals surface area contributed by atoms with Gasteiger partial charge in [-0.25, -0.2) is 9.18 Å². The summed E-state index contributed by atoms with van der Waals surface area (Å²) in [5.74, 6) is 0.526. The molecule has 5 heteroatoms. The van der Waals surface area contributed by atoms with E-state index in [0.29, 0.717) is 5.92 Å². The molecule has 1 N–H and O–H groups in total. The number of nitrogens with zero attached hydrogens (tertiary/aromatic N) is 2. The number of benzene rings is 1. The smallest absolute Gasteiger partial charge is 0.317 e. The molecule has 132 valence electrons. The van der Waals surface area contributed by atoms with Crippen molar-refractivity contribution in [1.82, 2.24) is 15.1 Å². The van der Waals surface area contributed by atoms with Gasteiger partial charge in [-0.2, -0.15) is 0 Å². The van der Waals surface area contributed by atoms with E-state index in [-0.39, 0.29) is 23.8 Å². The van der Waals surface area contributed by atoms with Gasteiger partial charge >= 0.3 is 6.03 Å². The highest BCUT2D eigenvalue weighted by Gasteiger charge is 2.42. The first-order chi connectivity index (χ1) is 11.6. The molecule has 1 heterocycles. The number of urea groups is 1. The molecule has 1 aromatic rings. The first-order valence-electron chi connectivity index (χ1n) is 9.07. The molecular weight excluding hydrogens is 305 g/mol. The zero-order valence-corrected chi connectivity index (χ0v) is 14.7. The van der Waals surface area contributed by atoms with Gasteiger partial charge in [-0.05, 0) is 50.4 Å². The Balaban J connectivity index is 1.45. The lowest BCUT2D eigenvalue weighted by atomic mass is 10.1. The van der Waals surface area contributed by atoms with Gasteiger partial charge < -0.3 is 15.1 Å². The Labute approximate surface area is 144 Å². The molecule has 0 aromatic heterocycles. The van der Waals surface area contributed by atoms with Crippen LogP contribution < -0.4 is 5.32 Å². The predicted molar refractivity (Wildman–Crippen MR) is 93.5 cm³/mol. The molecule has 4 nitrogen and oxygen atoms in total. The predicted octanol–water partition coefficient (Wildman–Crippen LogP) is 3.05. The van der Waals surface area contributed by atoms with Gasteiger partial charge in [0.05, 0.1) is 0 Å². The monoisotopic (exact) mass is 333 g/mol. The van der Waals surface area contributed by atoms with Crippen molar-refractivity contribution in [2.75, 3.05) is 33.2 Å². The van der Waals surface area contributed by atoms with Crippen LogP contribution in [0.5, 0.6) is 0 Å². The van der Waals surface area contributed by atoms with Crippen LogP contribution >= 0.6 is 0 Å². The minimum atomic E-state index is -0.167. The van der Waals surface area contributed by atoms with Crippen LogP contribution in [0, 0.1) is 11.7 Å². The summed E-state index contributed by atoms with van der Waals surface area (Å²) in [6, 6.07) is 6.96. The van der Waals surface area contributed by atoms with Crippen LogP contribution in [0.4, 0.5) is 9.18 Å². The van der Waals surface area contributed by atoms with Gasteiger partial charge in [0.15, 0.2) is 0 Å². The van der Waals surface area contributed by atoms with Crippen molar-refractivity contribution in [3.05, 3.63) is 35.6 Å². The van der Waals surface area contributed by atoms with Crippen LogP contribution in [0.1, 0.15) is 37.7 Å². The maximum atomic E-state index is 13.8. The van der Waals surface area contributed by atoms with E-state index < -0.39 is 0 Å². The molecule has 3 atom stereocenters. The molecule has 0 spiro atoms. The van der Waals surface area contributed by atoms with E-state index in [1.54, 1.807) is 6.07 Å². The summed E-state index contributed by atoms with van der Waals surface area (Å²) in [5.41, 5.74) is 0.725. The fourth-order valence-corrected chi connectivity index (χ4v) is 3.80. The maximum Gasteiger partial charge on any atom is 0.317 e. The Morgan fingerprint density at radius 2 is 2.21 bits per heavy atom. The number of likely N-dealkylation sites (tertiary alicyclic amines) is 1. The highest BCUT2D eigenvalue weighted by molar-refractivity contribution is 5.75. The average Bonchev–Trinajstić information content (AvgIpc) is 3.14. The van der Waals surface area contributed by atoms with Crippen molar-refractivity contribution in [3.63, 3.8) is 0 Å². The van der Waals surface area contributed by atoms with Gasteiger partial charge in [0.1, 0.15) is 5.82 Å². The minimum Gasteiger partial charge on any atom is -0.335 e. The first-order valence-corrected chi connectivity index (χ1v) is 9.07. The second kappa shape index (κ2) is 7.51. The van der Waals surface area contributed by atoms with E-state index in [4.69, 9.17) is 0 Å². The number of halogens is 1. The lowest BCUT2D eigenvalue weighted by molar-refractivity contribution is 0.203. The minimum absolute atomic E-state index is 0.0134. The molecule has 0 radical (unpaired) electrons. The third-order valence-corrected chi connectivity index (χ3v) is 5.15. The number of carbonyl (C=O) groups is 1. The van der Waals surface area contributed by atoms with E-state index in [1.807, 2.05) is 17.0 Å². The molecule has 0 bridgehead atoms. The highest BCUT2D eigenvalue weighted by atomic mass is 19.1. The summed E-state index contributed by atoms with van der Waals surface area (Å²) in [5, 5.41) is 3.08. The molecule has 1 saturated heterocycles. The molecule has 1 aliphatic heterocycles. The lowest BCUT2D eigenvalue weighted by Crippen LogP contribution is -2.40. The van der Waals surface area contributed by atoms with Gasteiger partial charge in [0.2, 0.25) is 0 Å². The van der Waals surface area contributed by atoms with Crippen molar-refractivity contribution in [3.8, 4) is 0 Å². The first kappa shape index (κ1) is 17.2. The third kappa shape index (κ3) is 4.07. The largest absolute Gasteiger partial charge is 0.335 e. The number of amides is 2. The summed E-state index contributed by atoms with van der Waals surface area (Å²) in [4.78, 5) is 16.7. The van der Waals surface area contributed by atoms with Crippen LogP contribution in [0.25, 0.3) is 0 Å². The Bertz CT molecular complexity index is 579. The normalized spacial score (nSPS) is 26.0. The van der Waals surface area contributed by atoms with Crippen LogP contribution in [-0.4, -0.2) is 55.1 Å². The van der Waals surface area contributed by atoms with Crippen LogP contribution in [0.3, 0.4) is 0 Å². The van der Waals surface area contributed by atoms with Gasteiger partial charge in [0.25, 0.3) is 0 Å². The molecule has 3 rings (SSSR count). The molecule has 24 heavy (non-hydrogen) atoms. The molecule has 2 aliphatic rings. The summed E-state index contributed by atoms with van der Waals surface area (Å²) >= 11 is 0. The van der Waals surface area contributed by atoms with Gasteiger partial charge in [-0.1, -0.05) is 25.1 Å². The van der Waals surface area contributed by atoms with Gasteiger partial charge in [-0.15, -0.1) is 0 Å². The maximum absolute atomic E-state index is 13.8. The highest BCUT2D eigenvalue weighted by Crippen LogP contribution is 2.42. The number of hydrogen-bond donors (Lipinski definition) is 1. The van der Waals surface area contributed by atoms with Crippen molar-refractivity contribution in [1.29, 1.82) is 0 Å². The Kier molecular flexibility index (Phi) is 5.39. The number of rotatable bonds is 6. The molecule has 2 amide bonds.